The number of anilines is 6. The molecule has 0 saturated carbocycles. The molecule has 392 valence electrons. The molecule has 0 amide bonds. The van der Waals surface area contributed by atoms with Crippen LogP contribution in [0.3, 0.4) is 0 Å². The van der Waals surface area contributed by atoms with Crippen LogP contribution in [0.25, 0.3) is 109 Å². The zero-order valence-electron chi connectivity index (χ0n) is 45.9. The fourth-order valence-corrected chi connectivity index (χ4v) is 14.5. The summed E-state index contributed by atoms with van der Waals surface area (Å²) < 4.78 is 8.96. The van der Waals surface area contributed by atoms with Gasteiger partial charge in [0.05, 0.1) is 5.69 Å². The molecule has 0 unspecified atom stereocenters. The monoisotopic (exact) mass is 1080 g/mol. The summed E-state index contributed by atoms with van der Waals surface area (Å²) in [4.78, 5) is 4.93. The summed E-state index contributed by atoms with van der Waals surface area (Å²) in [6, 6.07) is 107. The van der Waals surface area contributed by atoms with Gasteiger partial charge in [-0.15, -0.1) is 11.3 Å². The molecular weight excluding hydrogens is 1020 g/mol. The molecule has 0 aliphatic heterocycles. The first-order valence-electron chi connectivity index (χ1n) is 28.6. The molecule has 83 heavy (non-hydrogen) atoms. The summed E-state index contributed by atoms with van der Waals surface area (Å²) in [5.74, 6) is 0. The fourth-order valence-electron chi connectivity index (χ4n) is 13.3. The van der Waals surface area contributed by atoms with E-state index < -0.39 is 0 Å². The van der Waals surface area contributed by atoms with Crippen LogP contribution in [0.1, 0.15) is 25.0 Å². The third-order valence-corrected chi connectivity index (χ3v) is 18.3. The Kier molecular flexibility index (Phi) is 11.4. The highest BCUT2D eigenvalue weighted by molar-refractivity contribution is 7.26. The molecule has 1 aliphatic rings. The lowest BCUT2D eigenvalue weighted by atomic mass is 9.82. The summed E-state index contributed by atoms with van der Waals surface area (Å²) in [6.45, 7) is 4.71. The van der Waals surface area contributed by atoms with E-state index in [0.29, 0.717) is 0 Å². The summed E-state index contributed by atoms with van der Waals surface area (Å²) in [5, 5.41) is 7.05. The van der Waals surface area contributed by atoms with Crippen molar-refractivity contribution < 1.29 is 4.42 Å². The highest BCUT2D eigenvalue weighted by Crippen LogP contribution is 2.54. The van der Waals surface area contributed by atoms with Gasteiger partial charge in [-0.3, -0.25) is 0 Å². The van der Waals surface area contributed by atoms with Crippen LogP contribution in [-0.4, -0.2) is 0 Å². The minimum Gasteiger partial charge on any atom is -0.456 e. The van der Waals surface area contributed by atoms with Crippen LogP contribution in [0.4, 0.5) is 34.1 Å². The van der Waals surface area contributed by atoms with E-state index in [1.807, 2.05) is 17.4 Å². The number of benzene rings is 13. The Morgan fingerprint density at radius 1 is 0.313 bits per heavy atom. The van der Waals surface area contributed by atoms with E-state index in [2.05, 4.69) is 309 Å². The average molecular weight is 1080 g/mol. The van der Waals surface area contributed by atoms with Gasteiger partial charge in [-0.1, -0.05) is 214 Å². The standard InChI is InChI=1S/C79H54N2OS/c1-79(2)69-33-14-11-28-64(69)76-62(31-18-34-70(76)79)53-40-44-59(45-41-53)80(58-42-38-52(39-43-58)51-20-5-3-6-21-51)61-49-71(78-66-30-13-16-37-74(66)83-75(78)50-61)81(57-25-7-4-8-26-57)60-27-17-24-56(46-60)67-47-54-22-9-10-23-55(54)48-68(67)63-32-19-36-73-77(63)65-29-12-15-35-72(65)82-73/h3-50H,1-2H3. The van der Waals surface area contributed by atoms with Crippen LogP contribution < -0.4 is 9.80 Å². The normalized spacial score (nSPS) is 12.6. The van der Waals surface area contributed by atoms with Crippen LogP contribution in [0.5, 0.6) is 0 Å². The van der Waals surface area contributed by atoms with Gasteiger partial charge in [-0.05, 0) is 169 Å². The zero-order valence-corrected chi connectivity index (χ0v) is 46.7. The second-order valence-corrected chi connectivity index (χ2v) is 23.5. The lowest BCUT2D eigenvalue weighted by molar-refractivity contribution is 0.660. The summed E-state index contributed by atoms with van der Waals surface area (Å²) >= 11 is 1.85. The largest absolute Gasteiger partial charge is 0.456 e. The lowest BCUT2D eigenvalue weighted by Crippen LogP contribution is -2.14. The molecule has 2 heterocycles. The lowest BCUT2D eigenvalue weighted by Gasteiger charge is -2.31. The highest BCUT2D eigenvalue weighted by atomic mass is 32.1. The second kappa shape index (κ2) is 19.5. The van der Waals surface area contributed by atoms with Gasteiger partial charge in [-0.2, -0.15) is 0 Å². The maximum Gasteiger partial charge on any atom is 0.136 e. The molecule has 13 aromatic carbocycles. The van der Waals surface area contributed by atoms with Crippen LogP contribution in [0.2, 0.25) is 0 Å². The topological polar surface area (TPSA) is 19.6 Å². The molecule has 1 aliphatic carbocycles. The average Bonchev–Trinajstić information content (AvgIpc) is 2.29. The molecule has 0 N–H and O–H groups in total. The summed E-state index contributed by atoms with van der Waals surface area (Å²) in [6.07, 6.45) is 0. The Labute approximate surface area is 486 Å². The molecule has 4 heteroatoms. The number of thiophene rings is 1. The smallest absolute Gasteiger partial charge is 0.136 e. The van der Waals surface area contributed by atoms with Gasteiger partial charge in [0.2, 0.25) is 0 Å². The van der Waals surface area contributed by atoms with Crippen LogP contribution >= 0.6 is 11.3 Å². The van der Waals surface area contributed by atoms with Crippen molar-refractivity contribution in [3.8, 4) is 55.6 Å². The van der Waals surface area contributed by atoms with Gasteiger partial charge in [-0.25, -0.2) is 0 Å². The minimum atomic E-state index is -0.0899. The van der Waals surface area contributed by atoms with E-state index in [9.17, 15) is 0 Å². The van der Waals surface area contributed by atoms with Crippen molar-refractivity contribution in [3.05, 3.63) is 302 Å². The molecule has 0 fully saturated rings. The molecule has 0 bridgehead atoms. The predicted octanol–water partition coefficient (Wildman–Crippen LogP) is 23.0. The van der Waals surface area contributed by atoms with E-state index in [1.165, 1.54) is 75.5 Å². The van der Waals surface area contributed by atoms with Crippen LogP contribution in [-0.2, 0) is 5.41 Å². The Balaban J connectivity index is 0.900. The molecule has 0 saturated heterocycles. The number of hydrogen-bond acceptors (Lipinski definition) is 4. The molecule has 2 aromatic heterocycles. The van der Waals surface area contributed by atoms with Crippen molar-refractivity contribution in [1.29, 1.82) is 0 Å². The van der Waals surface area contributed by atoms with E-state index in [4.69, 9.17) is 4.42 Å². The quantitative estimate of drug-likeness (QED) is 0.136. The first kappa shape index (κ1) is 48.6. The van der Waals surface area contributed by atoms with Crippen molar-refractivity contribution in [2.24, 2.45) is 0 Å². The number of rotatable bonds is 10. The minimum absolute atomic E-state index is 0.0899. The fraction of sp³-hybridized carbons (Fsp3) is 0.0380. The van der Waals surface area contributed by atoms with Crippen LogP contribution in [0.15, 0.2) is 296 Å². The Bertz CT molecular complexity index is 5000. The number of para-hydroxylation sites is 2. The van der Waals surface area contributed by atoms with Crippen molar-refractivity contribution in [2.45, 2.75) is 19.3 Å². The molecule has 16 rings (SSSR count). The predicted molar refractivity (Wildman–Crippen MR) is 353 cm³/mol. The van der Waals surface area contributed by atoms with Gasteiger partial charge in [0.15, 0.2) is 0 Å². The van der Waals surface area contributed by atoms with Crippen molar-refractivity contribution in [1.82, 2.24) is 0 Å². The molecular formula is C79H54N2OS. The molecule has 0 atom stereocenters. The molecule has 15 aromatic rings. The maximum absolute atomic E-state index is 6.51. The second-order valence-electron chi connectivity index (χ2n) is 22.4. The maximum atomic E-state index is 6.51. The Hall–Kier alpha value is -10.3. The van der Waals surface area contributed by atoms with E-state index in [-0.39, 0.29) is 5.41 Å². The molecule has 0 spiro atoms. The van der Waals surface area contributed by atoms with E-state index in [1.54, 1.807) is 0 Å². The van der Waals surface area contributed by atoms with Gasteiger partial charge in [0.1, 0.15) is 11.2 Å². The Morgan fingerprint density at radius 2 is 0.867 bits per heavy atom. The van der Waals surface area contributed by atoms with E-state index >= 15 is 0 Å². The van der Waals surface area contributed by atoms with Gasteiger partial charge in [0, 0.05) is 64.8 Å². The SMILES string of the molecule is CC1(C)c2ccccc2-c2c(-c3ccc(N(c4ccc(-c5ccccc5)cc4)c4cc(N(c5ccccc5)c5cccc(-c6cc7ccccc7cc6-c6cccc7oc8ccccc8c67)c5)c5c(c4)sc4ccccc45)cc3)cccc21. The highest BCUT2D eigenvalue weighted by Gasteiger charge is 2.36. The molecule has 0 radical (unpaired) electrons. The molecule has 3 nitrogen and oxygen atoms in total. The first-order chi connectivity index (χ1) is 40.9. The summed E-state index contributed by atoms with van der Waals surface area (Å²) in [7, 11) is 0. The van der Waals surface area contributed by atoms with Gasteiger partial charge in [0.25, 0.3) is 0 Å². The first-order valence-corrected chi connectivity index (χ1v) is 29.4. The zero-order chi connectivity index (χ0) is 55.2. The number of furan rings is 1. The van der Waals surface area contributed by atoms with Crippen molar-refractivity contribution in [3.63, 3.8) is 0 Å². The van der Waals surface area contributed by atoms with Crippen molar-refractivity contribution >= 4 is 98.3 Å². The Morgan fingerprint density at radius 3 is 1.66 bits per heavy atom. The number of fused-ring (bicyclic) bond motifs is 10. The summed E-state index contributed by atoms with van der Waals surface area (Å²) in [5.41, 5.74) is 22.9. The number of hydrogen-bond donors (Lipinski definition) is 0. The van der Waals surface area contributed by atoms with E-state index in [0.717, 1.165) is 78.3 Å². The number of nitrogens with zero attached hydrogens (tertiary/aromatic N) is 2. The third-order valence-electron chi connectivity index (χ3n) is 17.2. The van der Waals surface area contributed by atoms with Crippen LogP contribution in [0, 0.1) is 0 Å². The van der Waals surface area contributed by atoms with Gasteiger partial charge >= 0.3 is 0 Å². The third kappa shape index (κ3) is 8.09. The van der Waals surface area contributed by atoms with Crippen molar-refractivity contribution in [2.75, 3.05) is 9.80 Å². The van der Waals surface area contributed by atoms with Gasteiger partial charge < -0.3 is 14.2 Å².